The molecule has 1 aromatic carbocycles. The van der Waals surface area contributed by atoms with Gasteiger partial charge in [0.15, 0.2) is 5.76 Å². The highest BCUT2D eigenvalue weighted by Crippen LogP contribution is 2.33. The Morgan fingerprint density at radius 3 is 2.60 bits per heavy atom. The number of para-hydroxylation sites is 1. The summed E-state index contributed by atoms with van der Waals surface area (Å²) in [6.07, 6.45) is 2.49. The lowest BCUT2D eigenvalue weighted by molar-refractivity contribution is 0.0949. The summed E-state index contributed by atoms with van der Waals surface area (Å²) in [5.74, 6) is -0.248. The molecule has 3 heterocycles. The van der Waals surface area contributed by atoms with Gasteiger partial charge in [0.25, 0.3) is 15.9 Å². The van der Waals surface area contributed by atoms with E-state index in [0.717, 1.165) is 30.5 Å². The third-order valence-electron chi connectivity index (χ3n) is 4.88. The second kappa shape index (κ2) is 6.00. The Labute approximate surface area is 147 Å². The molecule has 0 saturated carbocycles. The number of fused-ring (bicyclic) bond motifs is 1. The molecule has 6 nitrogen and oxygen atoms in total. The third kappa shape index (κ3) is 2.67. The Bertz CT molecular complexity index is 913. The first-order valence-corrected chi connectivity index (χ1v) is 9.94. The van der Waals surface area contributed by atoms with Crippen LogP contribution in [0.1, 0.15) is 35.9 Å². The van der Waals surface area contributed by atoms with Gasteiger partial charge in [-0.2, -0.15) is 4.31 Å². The second-order valence-electron chi connectivity index (χ2n) is 6.59. The number of hydrogen-bond donors (Lipinski definition) is 0. The van der Waals surface area contributed by atoms with Crippen molar-refractivity contribution in [1.29, 1.82) is 0 Å². The lowest BCUT2D eigenvalue weighted by Gasteiger charge is -2.21. The number of furan rings is 1. The molecule has 1 unspecified atom stereocenters. The standard InChI is InChI=1S/C18H20N2O4S/c1-13-12-14-6-2-3-7-15(14)20(13)18(21)16-8-9-17(24-16)25(22,23)19-10-4-5-11-19/h2-3,6-9,13H,4-5,10-12H2,1H3. The molecule has 0 radical (unpaired) electrons. The molecule has 2 aliphatic rings. The van der Waals surface area contributed by atoms with E-state index in [0.29, 0.717) is 13.1 Å². The zero-order valence-corrected chi connectivity index (χ0v) is 14.8. The van der Waals surface area contributed by atoms with Gasteiger partial charge < -0.3 is 9.32 Å². The summed E-state index contributed by atoms with van der Waals surface area (Å²) in [5.41, 5.74) is 1.97. The van der Waals surface area contributed by atoms with Gasteiger partial charge in [0.2, 0.25) is 5.09 Å². The van der Waals surface area contributed by atoms with Crippen LogP contribution in [0.3, 0.4) is 0 Å². The maximum atomic E-state index is 12.9. The van der Waals surface area contributed by atoms with E-state index in [4.69, 9.17) is 4.42 Å². The van der Waals surface area contributed by atoms with Gasteiger partial charge in [-0.05, 0) is 49.9 Å². The van der Waals surface area contributed by atoms with Crippen molar-refractivity contribution < 1.29 is 17.6 Å². The first kappa shape index (κ1) is 16.4. The molecule has 25 heavy (non-hydrogen) atoms. The summed E-state index contributed by atoms with van der Waals surface area (Å²) in [6, 6.07) is 10.6. The number of rotatable bonds is 3. The SMILES string of the molecule is CC1Cc2ccccc2N1C(=O)c1ccc(S(=O)(=O)N2CCCC2)o1. The van der Waals surface area contributed by atoms with Crippen molar-refractivity contribution >= 4 is 21.6 Å². The van der Waals surface area contributed by atoms with Gasteiger partial charge in [0.1, 0.15) is 0 Å². The predicted molar refractivity (Wildman–Crippen MR) is 93.1 cm³/mol. The van der Waals surface area contributed by atoms with Gasteiger partial charge in [0.05, 0.1) is 0 Å². The van der Waals surface area contributed by atoms with Gasteiger partial charge in [-0.3, -0.25) is 4.79 Å². The summed E-state index contributed by atoms with van der Waals surface area (Å²) >= 11 is 0. The Balaban J connectivity index is 1.63. The highest BCUT2D eigenvalue weighted by atomic mass is 32.2. The van der Waals surface area contributed by atoms with E-state index < -0.39 is 10.0 Å². The van der Waals surface area contributed by atoms with Crippen LogP contribution < -0.4 is 4.90 Å². The lowest BCUT2D eigenvalue weighted by atomic mass is 10.1. The minimum atomic E-state index is -3.65. The van der Waals surface area contributed by atoms with Crippen LogP contribution in [0.15, 0.2) is 45.9 Å². The van der Waals surface area contributed by atoms with E-state index in [1.54, 1.807) is 4.90 Å². The zero-order chi connectivity index (χ0) is 17.6. The number of nitrogens with zero attached hydrogens (tertiary/aromatic N) is 2. The predicted octanol–water partition coefficient (Wildman–Crippen LogP) is 2.66. The third-order valence-corrected chi connectivity index (χ3v) is 6.65. The van der Waals surface area contributed by atoms with E-state index in [1.165, 1.54) is 16.4 Å². The van der Waals surface area contributed by atoms with Gasteiger partial charge in [0, 0.05) is 24.8 Å². The zero-order valence-electron chi connectivity index (χ0n) is 14.0. The Hall–Kier alpha value is -2.12. The van der Waals surface area contributed by atoms with Gasteiger partial charge in [-0.1, -0.05) is 18.2 Å². The topological polar surface area (TPSA) is 70.8 Å². The number of carbonyl (C=O) groups excluding carboxylic acids is 1. The fourth-order valence-corrected chi connectivity index (χ4v) is 5.05. The minimum Gasteiger partial charge on any atom is -0.438 e. The molecule has 0 bridgehead atoms. The molecule has 0 aliphatic carbocycles. The average Bonchev–Trinajstić information content (AvgIpc) is 3.33. The number of benzene rings is 1. The van der Waals surface area contributed by atoms with Crippen LogP contribution >= 0.6 is 0 Å². The summed E-state index contributed by atoms with van der Waals surface area (Å²) < 4.78 is 32.0. The summed E-state index contributed by atoms with van der Waals surface area (Å²) in [7, 11) is -3.65. The molecule has 132 valence electrons. The molecule has 0 spiro atoms. The first-order valence-electron chi connectivity index (χ1n) is 8.50. The largest absolute Gasteiger partial charge is 0.438 e. The number of hydrogen-bond acceptors (Lipinski definition) is 4. The molecule has 1 amide bonds. The molecule has 4 rings (SSSR count). The molecular formula is C18H20N2O4S. The van der Waals surface area contributed by atoms with Crippen molar-refractivity contribution in [2.75, 3.05) is 18.0 Å². The molecule has 2 aromatic rings. The number of sulfonamides is 1. The van der Waals surface area contributed by atoms with Crippen LogP contribution in [0.5, 0.6) is 0 Å². The quantitative estimate of drug-likeness (QED) is 0.844. The van der Waals surface area contributed by atoms with Crippen molar-refractivity contribution in [3.63, 3.8) is 0 Å². The van der Waals surface area contributed by atoms with Crippen molar-refractivity contribution in [2.24, 2.45) is 0 Å². The fraction of sp³-hybridized carbons (Fsp3) is 0.389. The summed E-state index contributed by atoms with van der Waals surface area (Å²) in [4.78, 5) is 14.6. The minimum absolute atomic E-state index is 0.00800. The highest BCUT2D eigenvalue weighted by molar-refractivity contribution is 7.89. The molecule has 2 aliphatic heterocycles. The highest BCUT2D eigenvalue weighted by Gasteiger charge is 2.35. The van der Waals surface area contributed by atoms with Crippen molar-refractivity contribution in [3.8, 4) is 0 Å². The average molecular weight is 360 g/mol. The lowest BCUT2D eigenvalue weighted by Crippen LogP contribution is -2.35. The van der Waals surface area contributed by atoms with Crippen molar-refractivity contribution in [2.45, 2.75) is 37.3 Å². The number of amides is 1. The maximum absolute atomic E-state index is 12.9. The van der Waals surface area contributed by atoms with Gasteiger partial charge in [-0.25, -0.2) is 8.42 Å². The first-order chi connectivity index (χ1) is 12.0. The normalized spacial score (nSPS) is 20.8. The van der Waals surface area contributed by atoms with E-state index in [2.05, 4.69) is 0 Å². The summed E-state index contributed by atoms with van der Waals surface area (Å²) in [5, 5.41) is -0.155. The Morgan fingerprint density at radius 1 is 1.12 bits per heavy atom. The van der Waals surface area contributed by atoms with E-state index in [9.17, 15) is 13.2 Å². The second-order valence-corrected chi connectivity index (χ2v) is 8.46. The van der Waals surface area contributed by atoms with Crippen molar-refractivity contribution in [1.82, 2.24) is 4.31 Å². The molecule has 1 aromatic heterocycles. The molecule has 1 atom stereocenters. The van der Waals surface area contributed by atoms with E-state index >= 15 is 0 Å². The molecule has 0 N–H and O–H groups in total. The summed E-state index contributed by atoms with van der Waals surface area (Å²) in [6.45, 7) is 2.98. The van der Waals surface area contributed by atoms with Crippen LogP contribution in [0.2, 0.25) is 0 Å². The van der Waals surface area contributed by atoms with Gasteiger partial charge >= 0.3 is 0 Å². The van der Waals surface area contributed by atoms with Crippen molar-refractivity contribution in [3.05, 3.63) is 47.7 Å². The maximum Gasteiger partial charge on any atom is 0.294 e. The number of anilines is 1. The van der Waals surface area contributed by atoms with Crippen LogP contribution in [0.25, 0.3) is 0 Å². The van der Waals surface area contributed by atoms with Crippen LogP contribution in [-0.4, -0.2) is 37.8 Å². The van der Waals surface area contributed by atoms with E-state index in [-0.39, 0.29) is 22.8 Å². The van der Waals surface area contributed by atoms with Gasteiger partial charge in [-0.15, -0.1) is 0 Å². The van der Waals surface area contributed by atoms with E-state index in [1.807, 2.05) is 31.2 Å². The smallest absolute Gasteiger partial charge is 0.294 e. The molecule has 1 saturated heterocycles. The Kier molecular flexibility index (Phi) is 3.92. The molecular weight excluding hydrogens is 340 g/mol. The monoisotopic (exact) mass is 360 g/mol. The van der Waals surface area contributed by atoms with Crippen LogP contribution in [-0.2, 0) is 16.4 Å². The number of carbonyl (C=O) groups is 1. The van der Waals surface area contributed by atoms with Crippen LogP contribution in [0.4, 0.5) is 5.69 Å². The Morgan fingerprint density at radius 2 is 1.84 bits per heavy atom. The molecule has 1 fully saturated rings. The molecule has 7 heteroatoms. The fourth-order valence-electron chi connectivity index (χ4n) is 3.62. The van der Waals surface area contributed by atoms with Crippen LogP contribution in [0, 0.1) is 0 Å².